The first-order valence-corrected chi connectivity index (χ1v) is 10.5. The van der Waals surface area contributed by atoms with Crippen molar-refractivity contribution in [1.82, 2.24) is 9.88 Å². The number of carbonyl (C=O) groups is 2. The molecule has 1 fully saturated rings. The van der Waals surface area contributed by atoms with Gasteiger partial charge in [0.05, 0.1) is 30.9 Å². The Hall–Kier alpha value is -3.39. The average molecular weight is 440 g/mol. The van der Waals surface area contributed by atoms with E-state index in [9.17, 15) is 14.7 Å². The number of Topliss-reactive ketones (excluding diaryl/α,β-unsaturated/α-hetero) is 1. The first-order chi connectivity index (χ1) is 15.4. The van der Waals surface area contributed by atoms with Gasteiger partial charge in [-0.3, -0.25) is 14.6 Å². The number of likely N-dealkylation sites (tertiary alicyclic amines) is 1. The van der Waals surface area contributed by atoms with Crippen molar-refractivity contribution in [2.24, 2.45) is 0 Å². The molecule has 1 N–H and O–H groups in total. The molecular weight excluding hydrogens is 412 g/mol. The van der Waals surface area contributed by atoms with Crippen LogP contribution in [0.1, 0.15) is 37.9 Å². The summed E-state index contributed by atoms with van der Waals surface area (Å²) in [6, 6.07) is 7.64. The van der Waals surface area contributed by atoms with Crippen molar-refractivity contribution in [3.05, 3.63) is 59.4 Å². The second-order valence-electron chi connectivity index (χ2n) is 7.53. The molecule has 0 saturated carbocycles. The zero-order valence-electron chi connectivity index (χ0n) is 18.7. The number of amides is 1. The van der Waals surface area contributed by atoms with Gasteiger partial charge < -0.3 is 24.2 Å². The lowest BCUT2D eigenvalue weighted by molar-refractivity contribution is -0.140. The fraction of sp³-hybridized carbons (Fsp3) is 0.375. The van der Waals surface area contributed by atoms with Gasteiger partial charge >= 0.3 is 0 Å². The van der Waals surface area contributed by atoms with E-state index in [2.05, 4.69) is 4.98 Å². The molecule has 1 amide bonds. The van der Waals surface area contributed by atoms with Crippen LogP contribution < -0.4 is 9.47 Å². The van der Waals surface area contributed by atoms with Crippen LogP contribution in [-0.4, -0.2) is 59.7 Å². The van der Waals surface area contributed by atoms with Crippen LogP contribution in [-0.2, 0) is 14.3 Å². The van der Waals surface area contributed by atoms with Crippen molar-refractivity contribution < 1.29 is 28.9 Å². The van der Waals surface area contributed by atoms with E-state index in [1.165, 1.54) is 24.4 Å². The smallest absolute Gasteiger partial charge is 0.295 e. The van der Waals surface area contributed by atoms with Crippen LogP contribution in [0.2, 0.25) is 0 Å². The molecule has 170 valence electrons. The zero-order valence-corrected chi connectivity index (χ0v) is 18.7. The molecule has 2 aromatic rings. The Morgan fingerprint density at radius 2 is 1.88 bits per heavy atom. The molecule has 32 heavy (non-hydrogen) atoms. The van der Waals surface area contributed by atoms with Crippen LogP contribution >= 0.6 is 0 Å². The molecule has 0 bridgehead atoms. The van der Waals surface area contributed by atoms with Gasteiger partial charge in [-0.05, 0) is 50.6 Å². The molecule has 0 radical (unpaired) electrons. The molecule has 1 aromatic carbocycles. The van der Waals surface area contributed by atoms with Gasteiger partial charge in [0.15, 0.2) is 11.5 Å². The molecule has 8 nitrogen and oxygen atoms in total. The number of benzene rings is 1. The summed E-state index contributed by atoms with van der Waals surface area (Å²) in [5.41, 5.74) is 1.03. The highest BCUT2D eigenvalue weighted by molar-refractivity contribution is 6.46. The number of hydrogen-bond acceptors (Lipinski definition) is 7. The Morgan fingerprint density at radius 1 is 1.16 bits per heavy atom. The standard InChI is InChI=1S/C24H28N2O6/c1-5-31-19-14-17(6-7-18(19)32-15(2)3)21-20(22(27)16-8-10-25-11-9-16)23(28)24(29)26(21)12-13-30-4/h6-11,14-15,21,27H,5,12-13H2,1-4H3/b22-20-. The van der Waals surface area contributed by atoms with E-state index in [4.69, 9.17) is 14.2 Å². The summed E-state index contributed by atoms with van der Waals surface area (Å²) in [4.78, 5) is 31.2. The maximum atomic E-state index is 13.0. The number of ketones is 1. The van der Waals surface area contributed by atoms with E-state index in [0.29, 0.717) is 29.2 Å². The maximum Gasteiger partial charge on any atom is 0.295 e. The largest absolute Gasteiger partial charge is 0.507 e. The van der Waals surface area contributed by atoms with E-state index in [1.807, 2.05) is 20.8 Å². The summed E-state index contributed by atoms with van der Waals surface area (Å²) in [5, 5.41) is 11.0. The van der Waals surface area contributed by atoms with Gasteiger partial charge in [0, 0.05) is 31.6 Å². The molecule has 3 rings (SSSR count). The number of carbonyl (C=O) groups excluding carboxylic acids is 2. The molecule has 1 atom stereocenters. The second-order valence-corrected chi connectivity index (χ2v) is 7.53. The number of aromatic nitrogens is 1. The molecule has 8 heteroatoms. The van der Waals surface area contributed by atoms with E-state index in [0.717, 1.165) is 0 Å². The fourth-order valence-electron chi connectivity index (χ4n) is 3.63. The van der Waals surface area contributed by atoms with Gasteiger partial charge in [0.2, 0.25) is 0 Å². The molecule has 2 heterocycles. The van der Waals surface area contributed by atoms with Crippen molar-refractivity contribution in [1.29, 1.82) is 0 Å². The average Bonchev–Trinajstić information content (AvgIpc) is 3.03. The van der Waals surface area contributed by atoms with Gasteiger partial charge in [0.1, 0.15) is 5.76 Å². The lowest BCUT2D eigenvalue weighted by Crippen LogP contribution is -2.32. The predicted molar refractivity (Wildman–Crippen MR) is 118 cm³/mol. The summed E-state index contributed by atoms with van der Waals surface area (Å²) in [6.07, 6.45) is 2.96. The Morgan fingerprint density at radius 3 is 2.50 bits per heavy atom. The third kappa shape index (κ3) is 4.75. The van der Waals surface area contributed by atoms with Crippen molar-refractivity contribution >= 4 is 17.4 Å². The number of hydrogen-bond donors (Lipinski definition) is 1. The number of methoxy groups -OCH3 is 1. The van der Waals surface area contributed by atoms with Gasteiger partial charge in [-0.2, -0.15) is 0 Å². The molecule has 0 aliphatic carbocycles. The summed E-state index contributed by atoms with van der Waals surface area (Å²) < 4.78 is 16.7. The summed E-state index contributed by atoms with van der Waals surface area (Å²) in [5.74, 6) is -0.631. The highest BCUT2D eigenvalue weighted by Crippen LogP contribution is 2.42. The molecule has 1 aliphatic heterocycles. The number of nitrogens with zero attached hydrogens (tertiary/aromatic N) is 2. The monoisotopic (exact) mass is 440 g/mol. The number of rotatable bonds is 9. The minimum Gasteiger partial charge on any atom is -0.507 e. The normalized spacial score (nSPS) is 17.8. The van der Waals surface area contributed by atoms with Crippen LogP contribution in [0, 0.1) is 0 Å². The first kappa shape index (κ1) is 23.3. The zero-order chi connectivity index (χ0) is 23.3. The topological polar surface area (TPSA) is 98.2 Å². The summed E-state index contributed by atoms with van der Waals surface area (Å²) >= 11 is 0. The van der Waals surface area contributed by atoms with Crippen molar-refractivity contribution in [3.8, 4) is 11.5 Å². The van der Waals surface area contributed by atoms with E-state index in [-0.39, 0.29) is 30.6 Å². The molecule has 1 saturated heterocycles. The van der Waals surface area contributed by atoms with Gasteiger partial charge in [-0.1, -0.05) is 6.07 Å². The van der Waals surface area contributed by atoms with Gasteiger partial charge in [-0.15, -0.1) is 0 Å². The van der Waals surface area contributed by atoms with Crippen molar-refractivity contribution in [3.63, 3.8) is 0 Å². The first-order valence-electron chi connectivity index (χ1n) is 10.5. The summed E-state index contributed by atoms with van der Waals surface area (Å²) in [7, 11) is 1.52. The van der Waals surface area contributed by atoms with Crippen molar-refractivity contribution in [2.45, 2.75) is 32.9 Å². The Bertz CT molecular complexity index is 1000. The van der Waals surface area contributed by atoms with Crippen LogP contribution in [0.15, 0.2) is 48.3 Å². The molecule has 1 aromatic heterocycles. The SMILES string of the molecule is CCOc1cc(C2/C(=C(/O)c3ccncc3)C(=O)C(=O)N2CCOC)ccc1OC(C)C. The van der Waals surface area contributed by atoms with E-state index < -0.39 is 17.7 Å². The minimum atomic E-state index is -0.800. The Labute approximate surface area is 187 Å². The maximum absolute atomic E-state index is 13.0. The second kappa shape index (κ2) is 10.3. The lowest BCUT2D eigenvalue weighted by Gasteiger charge is -2.26. The van der Waals surface area contributed by atoms with Gasteiger partial charge in [0.25, 0.3) is 11.7 Å². The highest BCUT2D eigenvalue weighted by atomic mass is 16.5. The summed E-state index contributed by atoms with van der Waals surface area (Å²) in [6.45, 7) is 6.54. The van der Waals surface area contributed by atoms with Gasteiger partial charge in [-0.25, -0.2) is 0 Å². The lowest BCUT2D eigenvalue weighted by atomic mass is 9.95. The number of aliphatic hydroxyl groups excluding tert-OH is 1. The van der Waals surface area contributed by atoms with E-state index >= 15 is 0 Å². The molecular formula is C24H28N2O6. The van der Waals surface area contributed by atoms with Crippen LogP contribution in [0.5, 0.6) is 11.5 Å². The molecule has 0 spiro atoms. The quantitative estimate of drug-likeness (QED) is 0.363. The predicted octanol–water partition coefficient (Wildman–Crippen LogP) is 3.34. The fourth-order valence-corrected chi connectivity index (χ4v) is 3.63. The molecule has 1 aliphatic rings. The number of aliphatic hydroxyl groups is 1. The van der Waals surface area contributed by atoms with Crippen LogP contribution in [0.4, 0.5) is 0 Å². The van der Waals surface area contributed by atoms with Crippen LogP contribution in [0.3, 0.4) is 0 Å². The molecule has 1 unspecified atom stereocenters. The van der Waals surface area contributed by atoms with E-state index in [1.54, 1.807) is 30.3 Å². The number of pyridine rings is 1. The Kier molecular flexibility index (Phi) is 7.48. The minimum absolute atomic E-state index is 0.0114. The number of ether oxygens (including phenoxy) is 3. The highest BCUT2D eigenvalue weighted by Gasteiger charge is 2.46. The van der Waals surface area contributed by atoms with Crippen molar-refractivity contribution in [2.75, 3.05) is 26.9 Å². The third-order valence-electron chi connectivity index (χ3n) is 4.98. The van der Waals surface area contributed by atoms with Crippen LogP contribution in [0.25, 0.3) is 5.76 Å². The Balaban J connectivity index is 2.16. The third-order valence-corrected chi connectivity index (χ3v) is 4.98.